The molecule has 0 atom stereocenters. The molecule has 2 aromatic rings. The van der Waals surface area contributed by atoms with Crippen molar-refractivity contribution in [3.05, 3.63) is 56.5 Å². The quantitative estimate of drug-likeness (QED) is 0.670. The summed E-state index contributed by atoms with van der Waals surface area (Å²) >= 11 is 17.4. The van der Waals surface area contributed by atoms with Crippen LogP contribution < -0.4 is 5.32 Å². The van der Waals surface area contributed by atoms with Gasteiger partial charge >= 0.3 is 0 Å². The topological polar surface area (TPSA) is 12.0 Å². The summed E-state index contributed by atoms with van der Waals surface area (Å²) in [4.78, 5) is 2.15. The Bertz CT molecular complexity index is 604. The maximum absolute atomic E-state index is 6.23. The summed E-state index contributed by atoms with van der Waals surface area (Å²) in [5.74, 6) is 0. The van der Waals surface area contributed by atoms with Crippen LogP contribution in [-0.2, 0) is 6.54 Å². The van der Waals surface area contributed by atoms with Crippen LogP contribution in [0, 0.1) is 0 Å². The number of hydrogen-bond donors (Lipinski definition) is 1. The number of benzene rings is 2. The monoisotopic (exact) mass is 389 g/mol. The van der Waals surface area contributed by atoms with Gasteiger partial charge in [-0.1, -0.05) is 57.8 Å². The minimum absolute atomic E-state index is 0.697. The van der Waals surface area contributed by atoms with E-state index in [0.717, 1.165) is 27.5 Å². The fraction of sp³-hybridized carbons (Fsp3) is 0.200. The van der Waals surface area contributed by atoms with E-state index >= 15 is 0 Å². The van der Waals surface area contributed by atoms with Crippen molar-refractivity contribution in [3.8, 4) is 0 Å². The highest BCUT2D eigenvalue weighted by Crippen LogP contribution is 2.37. The van der Waals surface area contributed by atoms with Crippen molar-refractivity contribution in [3.63, 3.8) is 0 Å². The van der Waals surface area contributed by atoms with Gasteiger partial charge in [-0.05, 0) is 48.5 Å². The molecule has 106 valence electrons. The second-order valence-electron chi connectivity index (χ2n) is 4.21. The highest BCUT2D eigenvalue weighted by molar-refractivity contribution is 9.10. The van der Waals surface area contributed by atoms with Gasteiger partial charge in [-0.2, -0.15) is 0 Å². The fourth-order valence-corrected chi connectivity index (χ4v) is 3.58. The van der Waals surface area contributed by atoms with E-state index in [1.54, 1.807) is 17.8 Å². The van der Waals surface area contributed by atoms with Crippen molar-refractivity contribution in [2.45, 2.75) is 23.3 Å². The van der Waals surface area contributed by atoms with Crippen LogP contribution in [0.1, 0.15) is 12.5 Å². The standard InChI is InChI=1S/C15H14BrCl2NS/c1-2-19-9-10-7-11(16)3-6-14(10)20-15-8-12(17)4-5-13(15)18/h3-8,19H,2,9H2,1H3. The first-order valence-electron chi connectivity index (χ1n) is 6.22. The van der Waals surface area contributed by atoms with Gasteiger partial charge in [-0.15, -0.1) is 0 Å². The second kappa shape index (κ2) is 7.71. The second-order valence-corrected chi connectivity index (χ2v) is 7.05. The maximum Gasteiger partial charge on any atom is 0.0546 e. The third-order valence-corrected chi connectivity index (χ3v) is 5.05. The van der Waals surface area contributed by atoms with Crippen molar-refractivity contribution in [2.75, 3.05) is 6.54 Å². The molecule has 0 saturated heterocycles. The Kier molecular flexibility index (Phi) is 6.24. The largest absolute Gasteiger partial charge is 0.313 e. The highest BCUT2D eigenvalue weighted by atomic mass is 79.9. The molecule has 1 nitrogen and oxygen atoms in total. The SMILES string of the molecule is CCNCc1cc(Br)ccc1Sc1cc(Cl)ccc1Cl. The van der Waals surface area contributed by atoms with Crippen LogP contribution in [0.5, 0.6) is 0 Å². The lowest BCUT2D eigenvalue weighted by atomic mass is 10.2. The molecule has 2 rings (SSSR count). The third-order valence-electron chi connectivity index (χ3n) is 2.70. The molecule has 0 fully saturated rings. The van der Waals surface area contributed by atoms with E-state index < -0.39 is 0 Å². The first-order valence-corrected chi connectivity index (χ1v) is 8.58. The average Bonchev–Trinajstić information content (AvgIpc) is 2.43. The van der Waals surface area contributed by atoms with Crippen molar-refractivity contribution in [2.24, 2.45) is 0 Å². The van der Waals surface area contributed by atoms with Gasteiger partial charge in [0.25, 0.3) is 0 Å². The molecule has 0 unspecified atom stereocenters. The van der Waals surface area contributed by atoms with E-state index in [2.05, 4.69) is 40.3 Å². The molecular formula is C15H14BrCl2NS. The molecule has 5 heteroatoms. The van der Waals surface area contributed by atoms with Gasteiger partial charge in [0.1, 0.15) is 0 Å². The van der Waals surface area contributed by atoms with Crippen molar-refractivity contribution >= 4 is 50.9 Å². The van der Waals surface area contributed by atoms with Crippen molar-refractivity contribution < 1.29 is 0 Å². The predicted octanol–water partition coefficient (Wildman–Crippen LogP) is 6.02. The maximum atomic E-state index is 6.23. The lowest BCUT2D eigenvalue weighted by Crippen LogP contribution is -2.12. The molecule has 0 saturated carbocycles. The predicted molar refractivity (Wildman–Crippen MR) is 92.1 cm³/mol. The van der Waals surface area contributed by atoms with Crippen molar-refractivity contribution in [1.82, 2.24) is 5.32 Å². The molecule has 0 aliphatic carbocycles. The van der Waals surface area contributed by atoms with Gasteiger partial charge in [0.05, 0.1) is 5.02 Å². The molecule has 0 heterocycles. The number of rotatable bonds is 5. The van der Waals surface area contributed by atoms with Gasteiger partial charge in [-0.25, -0.2) is 0 Å². The van der Waals surface area contributed by atoms with E-state index in [1.165, 1.54) is 10.5 Å². The summed E-state index contributed by atoms with van der Waals surface area (Å²) in [6, 6.07) is 11.8. The number of halogens is 3. The summed E-state index contributed by atoms with van der Waals surface area (Å²) in [5, 5.41) is 4.77. The average molecular weight is 391 g/mol. The summed E-state index contributed by atoms with van der Waals surface area (Å²) < 4.78 is 1.08. The van der Waals surface area contributed by atoms with Crippen LogP contribution in [0.4, 0.5) is 0 Å². The molecular weight excluding hydrogens is 377 g/mol. The zero-order valence-electron chi connectivity index (χ0n) is 10.9. The van der Waals surface area contributed by atoms with Crippen LogP contribution >= 0.6 is 50.9 Å². The van der Waals surface area contributed by atoms with Crippen molar-refractivity contribution in [1.29, 1.82) is 0 Å². The van der Waals surface area contributed by atoms with Gasteiger partial charge in [0.15, 0.2) is 0 Å². The zero-order valence-corrected chi connectivity index (χ0v) is 14.8. The summed E-state index contributed by atoms with van der Waals surface area (Å²) in [7, 11) is 0. The molecule has 0 radical (unpaired) electrons. The van der Waals surface area contributed by atoms with Gasteiger partial charge in [-0.3, -0.25) is 0 Å². The van der Waals surface area contributed by atoms with Gasteiger partial charge in [0, 0.05) is 25.8 Å². The molecule has 0 aliphatic rings. The Morgan fingerprint density at radius 2 is 1.90 bits per heavy atom. The van der Waals surface area contributed by atoms with Gasteiger partial charge < -0.3 is 5.32 Å². The smallest absolute Gasteiger partial charge is 0.0546 e. The van der Waals surface area contributed by atoms with E-state index in [4.69, 9.17) is 23.2 Å². The Hall–Kier alpha value is -0.190. The minimum atomic E-state index is 0.697. The molecule has 0 aromatic heterocycles. The first-order chi connectivity index (χ1) is 9.60. The van der Waals surface area contributed by atoms with E-state index in [9.17, 15) is 0 Å². The van der Waals surface area contributed by atoms with Crippen LogP contribution in [-0.4, -0.2) is 6.54 Å². The molecule has 0 bridgehead atoms. The van der Waals surface area contributed by atoms with Crippen LogP contribution in [0.15, 0.2) is 50.7 Å². The Balaban J connectivity index is 2.30. The fourth-order valence-electron chi connectivity index (χ4n) is 1.72. The number of hydrogen-bond acceptors (Lipinski definition) is 2. The first kappa shape index (κ1) is 16.2. The van der Waals surface area contributed by atoms with E-state index in [1.807, 2.05) is 18.2 Å². The molecule has 0 aliphatic heterocycles. The van der Waals surface area contributed by atoms with Crippen LogP contribution in [0.2, 0.25) is 10.0 Å². The molecule has 0 amide bonds. The minimum Gasteiger partial charge on any atom is -0.313 e. The normalized spacial score (nSPS) is 10.8. The zero-order chi connectivity index (χ0) is 14.5. The molecule has 0 spiro atoms. The Morgan fingerprint density at radius 3 is 2.65 bits per heavy atom. The van der Waals surface area contributed by atoms with Crippen LogP contribution in [0.3, 0.4) is 0 Å². The third kappa shape index (κ3) is 4.40. The summed E-state index contributed by atoms with van der Waals surface area (Å²) in [6.45, 7) is 3.86. The Morgan fingerprint density at radius 1 is 1.10 bits per heavy atom. The number of nitrogens with one attached hydrogen (secondary N) is 1. The van der Waals surface area contributed by atoms with Gasteiger partial charge in [0.2, 0.25) is 0 Å². The molecule has 2 aromatic carbocycles. The lowest BCUT2D eigenvalue weighted by molar-refractivity contribution is 0.717. The van der Waals surface area contributed by atoms with Crippen LogP contribution in [0.25, 0.3) is 0 Å². The molecule has 20 heavy (non-hydrogen) atoms. The Labute approximate surface area is 142 Å². The van der Waals surface area contributed by atoms with E-state index in [0.29, 0.717) is 5.02 Å². The summed E-state index contributed by atoms with van der Waals surface area (Å²) in [5.41, 5.74) is 1.24. The summed E-state index contributed by atoms with van der Waals surface area (Å²) in [6.07, 6.45) is 0. The molecule has 1 N–H and O–H groups in total. The van der Waals surface area contributed by atoms with E-state index in [-0.39, 0.29) is 0 Å². The lowest BCUT2D eigenvalue weighted by Gasteiger charge is -2.11. The highest BCUT2D eigenvalue weighted by Gasteiger charge is 2.08.